The average molecular weight is 259 g/mol. The molecule has 5 heteroatoms. The number of hydrogen-bond donors (Lipinski definition) is 2. The molecule has 1 heterocycles. The summed E-state index contributed by atoms with van der Waals surface area (Å²) in [4.78, 5) is 11.1. The minimum Gasteiger partial charge on any atom is -0.453 e. The van der Waals surface area contributed by atoms with Crippen molar-refractivity contribution in [3.05, 3.63) is 48.3 Å². The third-order valence-electron chi connectivity index (χ3n) is 2.68. The van der Waals surface area contributed by atoms with Crippen LogP contribution in [0.15, 0.2) is 42.7 Å². The first-order chi connectivity index (χ1) is 9.17. The van der Waals surface area contributed by atoms with E-state index in [9.17, 15) is 4.79 Å². The van der Waals surface area contributed by atoms with Gasteiger partial charge in [-0.05, 0) is 29.8 Å². The Labute approximate surface area is 112 Å². The molecule has 0 atom stereocenters. The van der Waals surface area contributed by atoms with Gasteiger partial charge in [0.15, 0.2) is 0 Å². The molecule has 0 aliphatic rings. The highest BCUT2D eigenvalue weighted by Gasteiger charge is 2.01. The monoisotopic (exact) mass is 259 g/mol. The van der Waals surface area contributed by atoms with Gasteiger partial charge in [-0.25, -0.2) is 4.79 Å². The summed E-state index contributed by atoms with van der Waals surface area (Å²) in [6.07, 6.45) is 3.59. The first-order valence-electron chi connectivity index (χ1n) is 5.97. The highest BCUT2D eigenvalue weighted by atomic mass is 16.5. The second-order valence-corrected chi connectivity index (χ2v) is 4.24. The molecule has 100 valence electrons. The van der Waals surface area contributed by atoms with E-state index in [1.807, 2.05) is 42.1 Å². The summed E-state index contributed by atoms with van der Waals surface area (Å²) in [5.74, 6) is 0. The number of rotatable bonds is 4. The molecule has 0 aliphatic carbocycles. The lowest BCUT2D eigenvalue weighted by Gasteiger charge is -2.08. The van der Waals surface area contributed by atoms with Gasteiger partial charge in [0.1, 0.15) is 0 Å². The van der Waals surface area contributed by atoms with Gasteiger partial charge >= 0.3 is 6.09 Å². The second-order valence-electron chi connectivity index (χ2n) is 4.24. The largest absolute Gasteiger partial charge is 0.453 e. The summed E-state index contributed by atoms with van der Waals surface area (Å²) < 4.78 is 6.56. The van der Waals surface area contributed by atoms with Crippen LogP contribution in [0, 0.1) is 0 Å². The molecular formula is C14H17N3O2. The molecule has 0 fully saturated rings. The van der Waals surface area contributed by atoms with E-state index < -0.39 is 6.09 Å². The van der Waals surface area contributed by atoms with Gasteiger partial charge in [-0.2, -0.15) is 0 Å². The Balaban J connectivity index is 1.97. The van der Waals surface area contributed by atoms with Crippen LogP contribution < -0.4 is 10.6 Å². The number of nitrogens with zero attached hydrogens (tertiary/aromatic N) is 1. The number of amides is 1. The van der Waals surface area contributed by atoms with Crippen LogP contribution in [0.5, 0.6) is 0 Å². The van der Waals surface area contributed by atoms with E-state index in [1.54, 1.807) is 0 Å². The van der Waals surface area contributed by atoms with Crippen molar-refractivity contribution in [2.75, 3.05) is 17.7 Å². The van der Waals surface area contributed by atoms with Crippen LogP contribution in [0.1, 0.15) is 5.56 Å². The molecule has 0 saturated heterocycles. The van der Waals surface area contributed by atoms with Crippen molar-refractivity contribution in [2.45, 2.75) is 6.54 Å². The Morgan fingerprint density at radius 2 is 2.11 bits per heavy atom. The predicted molar refractivity (Wildman–Crippen MR) is 75.2 cm³/mol. The SMILES string of the molecule is COC(=O)Nc1cccc(NCc2ccn(C)c2)c1. The smallest absolute Gasteiger partial charge is 0.411 e. The third-order valence-corrected chi connectivity index (χ3v) is 2.68. The number of hydrogen-bond acceptors (Lipinski definition) is 3. The van der Waals surface area contributed by atoms with Crippen molar-refractivity contribution >= 4 is 17.5 Å². The molecule has 19 heavy (non-hydrogen) atoms. The quantitative estimate of drug-likeness (QED) is 0.887. The molecule has 1 amide bonds. The topological polar surface area (TPSA) is 55.3 Å². The highest BCUT2D eigenvalue weighted by molar-refractivity contribution is 5.85. The molecule has 0 saturated carbocycles. The van der Waals surface area contributed by atoms with Crippen molar-refractivity contribution < 1.29 is 9.53 Å². The van der Waals surface area contributed by atoms with Crippen molar-refractivity contribution in [2.24, 2.45) is 7.05 Å². The molecular weight excluding hydrogens is 242 g/mol. The number of aromatic nitrogens is 1. The Hall–Kier alpha value is -2.43. The zero-order chi connectivity index (χ0) is 13.7. The molecule has 2 aromatic rings. The van der Waals surface area contributed by atoms with E-state index in [2.05, 4.69) is 27.6 Å². The van der Waals surface area contributed by atoms with Gasteiger partial charge in [-0.15, -0.1) is 0 Å². The molecule has 1 aromatic heterocycles. The molecule has 0 bridgehead atoms. The average Bonchev–Trinajstić information content (AvgIpc) is 2.82. The summed E-state index contributed by atoms with van der Waals surface area (Å²) in [6.45, 7) is 0.739. The Kier molecular flexibility index (Phi) is 4.07. The number of benzene rings is 1. The van der Waals surface area contributed by atoms with E-state index in [4.69, 9.17) is 0 Å². The normalized spacial score (nSPS) is 10.0. The fourth-order valence-electron chi connectivity index (χ4n) is 1.75. The van der Waals surface area contributed by atoms with E-state index >= 15 is 0 Å². The second kappa shape index (κ2) is 5.95. The van der Waals surface area contributed by atoms with E-state index in [1.165, 1.54) is 12.7 Å². The fraction of sp³-hybridized carbons (Fsp3) is 0.214. The summed E-state index contributed by atoms with van der Waals surface area (Å²) in [6, 6.07) is 9.55. The highest BCUT2D eigenvalue weighted by Crippen LogP contribution is 2.16. The molecule has 0 unspecified atom stereocenters. The number of carbonyl (C=O) groups is 1. The summed E-state index contributed by atoms with van der Waals surface area (Å²) in [7, 11) is 3.33. The Morgan fingerprint density at radius 1 is 1.32 bits per heavy atom. The van der Waals surface area contributed by atoms with Gasteiger partial charge in [0, 0.05) is 37.4 Å². The first-order valence-corrected chi connectivity index (χ1v) is 5.97. The zero-order valence-corrected chi connectivity index (χ0v) is 11.0. The van der Waals surface area contributed by atoms with Crippen LogP contribution in [0.25, 0.3) is 0 Å². The molecule has 2 N–H and O–H groups in total. The molecule has 5 nitrogen and oxygen atoms in total. The van der Waals surface area contributed by atoms with Gasteiger partial charge < -0.3 is 14.6 Å². The molecule has 1 aromatic carbocycles. The third kappa shape index (κ3) is 3.77. The van der Waals surface area contributed by atoms with E-state index in [0.717, 1.165) is 12.2 Å². The van der Waals surface area contributed by atoms with Crippen molar-refractivity contribution in [3.8, 4) is 0 Å². The van der Waals surface area contributed by atoms with Crippen molar-refractivity contribution in [1.29, 1.82) is 0 Å². The van der Waals surface area contributed by atoms with Gasteiger partial charge in [0.05, 0.1) is 7.11 Å². The Morgan fingerprint density at radius 3 is 2.79 bits per heavy atom. The molecule has 0 radical (unpaired) electrons. The number of nitrogens with one attached hydrogen (secondary N) is 2. The minimum absolute atomic E-state index is 0.472. The lowest BCUT2D eigenvalue weighted by molar-refractivity contribution is 0.187. The van der Waals surface area contributed by atoms with Crippen LogP contribution in [-0.2, 0) is 18.3 Å². The maximum Gasteiger partial charge on any atom is 0.411 e. The van der Waals surface area contributed by atoms with Crippen LogP contribution in [0.3, 0.4) is 0 Å². The van der Waals surface area contributed by atoms with Gasteiger partial charge in [-0.3, -0.25) is 5.32 Å². The number of ether oxygens (including phenoxy) is 1. The van der Waals surface area contributed by atoms with Gasteiger partial charge in [0.2, 0.25) is 0 Å². The van der Waals surface area contributed by atoms with Crippen molar-refractivity contribution in [1.82, 2.24) is 4.57 Å². The first kappa shape index (κ1) is 13.0. The number of carbonyl (C=O) groups excluding carboxylic acids is 1. The van der Waals surface area contributed by atoms with Crippen LogP contribution >= 0.6 is 0 Å². The van der Waals surface area contributed by atoms with Gasteiger partial charge in [-0.1, -0.05) is 6.07 Å². The standard InChI is InChI=1S/C14H17N3O2/c1-17-7-6-11(10-17)9-15-12-4-3-5-13(8-12)16-14(18)19-2/h3-8,10,15H,9H2,1-2H3,(H,16,18). The van der Waals surface area contributed by atoms with Crippen molar-refractivity contribution in [3.63, 3.8) is 0 Å². The van der Waals surface area contributed by atoms with E-state index in [-0.39, 0.29) is 0 Å². The fourth-order valence-corrected chi connectivity index (χ4v) is 1.75. The zero-order valence-electron chi connectivity index (χ0n) is 11.0. The van der Waals surface area contributed by atoms with Crippen LogP contribution in [0.2, 0.25) is 0 Å². The number of anilines is 2. The molecule has 0 spiro atoms. The molecule has 2 rings (SSSR count). The predicted octanol–water partition coefficient (Wildman–Crippen LogP) is 2.82. The maximum atomic E-state index is 11.1. The lowest BCUT2D eigenvalue weighted by Crippen LogP contribution is -2.11. The van der Waals surface area contributed by atoms with E-state index in [0.29, 0.717) is 5.69 Å². The van der Waals surface area contributed by atoms with Crippen LogP contribution in [-0.4, -0.2) is 17.8 Å². The van der Waals surface area contributed by atoms with Gasteiger partial charge in [0.25, 0.3) is 0 Å². The minimum atomic E-state index is -0.472. The van der Waals surface area contributed by atoms with Crippen LogP contribution in [0.4, 0.5) is 16.2 Å². The number of aryl methyl sites for hydroxylation is 1. The maximum absolute atomic E-state index is 11.1. The summed E-state index contributed by atoms with van der Waals surface area (Å²) >= 11 is 0. The lowest BCUT2D eigenvalue weighted by atomic mass is 10.2. The number of methoxy groups -OCH3 is 1. The summed E-state index contributed by atoms with van der Waals surface area (Å²) in [5.41, 5.74) is 2.84. The Bertz CT molecular complexity index is 563. The molecule has 0 aliphatic heterocycles. The summed E-state index contributed by atoms with van der Waals surface area (Å²) in [5, 5.41) is 5.93.